The van der Waals surface area contributed by atoms with Crippen molar-refractivity contribution in [2.24, 2.45) is 0 Å². The van der Waals surface area contributed by atoms with Gasteiger partial charge in [0.1, 0.15) is 0 Å². The second-order valence-electron chi connectivity index (χ2n) is 5.55. The lowest BCUT2D eigenvalue weighted by atomic mass is 10.1. The first-order chi connectivity index (χ1) is 12.3. The van der Waals surface area contributed by atoms with E-state index in [2.05, 4.69) is 10.1 Å². The lowest BCUT2D eigenvalue weighted by Gasteiger charge is -2.22. The van der Waals surface area contributed by atoms with Gasteiger partial charge in [-0.1, -0.05) is 17.3 Å². The molecule has 2 heterocycles. The molecule has 140 valence electrons. The molecule has 1 aliphatic heterocycles. The Kier molecular flexibility index (Phi) is 5.23. The Morgan fingerprint density at radius 3 is 2.85 bits per heavy atom. The summed E-state index contributed by atoms with van der Waals surface area (Å²) < 4.78 is 58.9. The number of benzene rings is 1. The molecule has 0 spiro atoms. The molecular weight excluding hydrogens is 357 g/mol. The number of rotatable bonds is 4. The Morgan fingerprint density at radius 1 is 1.35 bits per heavy atom. The Bertz CT molecular complexity index is 771. The molecule has 3 rings (SSSR count). The first-order valence-corrected chi connectivity index (χ1v) is 7.75. The highest BCUT2D eigenvalue weighted by molar-refractivity contribution is 5.75. The van der Waals surface area contributed by atoms with Crippen molar-refractivity contribution >= 4 is 5.97 Å². The zero-order chi connectivity index (χ0) is 18.7. The molecule has 1 aromatic heterocycles. The molecule has 2 aromatic rings. The van der Waals surface area contributed by atoms with E-state index in [9.17, 15) is 18.0 Å². The van der Waals surface area contributed by atoms with Gasteiger partial charge in [-0.15, -0.1) is 0 Å². The maximum atomic E-state index is 12.8. The number of carbonyl (C=O) groups is 1. The molecule has 1 fully saturated rings. The summed E-state index contributed by atoms with van der Waals surface area (Å²) in [5, 5.41) is 3.65. The number of esters is 1. The maximum absolute atomic E-state index is 12.8. The van der Waals surface area contributed by atoms with E-state index in [4.69, 9.17) is 18.7 Å². The third-order valence-corrected chi connectivity index (χ3v) is 3.61. The number of hydrogen-bond donors (Lipinski definition) is 0. The number of nitrogens with zero attached hydrogens (tertiary/aromatic N) is 2. The lowest BCUT2D eigenvalue weighted by Crippen LogP contribution is -2.37. The molecule has 0 saturated carbocycles. The third kappa shape index (κ3) is 4.20. The maximum Gasteiger partial charge on any atom is 0.416 e. The fourth-order valence-corrected chi connectivity index (χ4v) is 2.28. The monoisotopic (exact) mass is 372 g/mol. The molecule has 26 heavy (non-hydrogen) atoms. The van der Waals surface area contributed by atoms with E-state index in [-0.39, 0.29) is 30.5 Å². The molecule has 1 saturated heterocycles. The molecule has 0 bridgehead atoms. The number of alkyl halides is 3. The lowest BCUT2D eigenvalue weighted by molar-refractivity contribution is -0.176. The summed E-state index contributed by atoms with van der Waals surface area (Å²) in [4.78, 5) is 16.0. The Balaban J connectivity index is 1.70. The van der Waals surface area contributed by atoms with Crippen LogP contribution in [0.1, 0.15) is 24.5 Å². The van der Waals surface area contributed by atoms with Gasteiger partial charge in [0.05, 0.1) is 25.4 Å². The molecule has 10 heteroatoms. The summed E-state index contributed by atoms with van der Waals surface area (Å²) in [5.74, 6) is -0.718. The van der Waals surface area contributed by atoms with Crippen LogP contribution < -0.4 is 0 Å². The van der Waals surface area contributed by atoms with Gasteiger partial charge in [0, 0.05) is 5.56 Å². The van der Waals surface area contributed by atoms with Crippen molar-refractivity contribution in [3.63, 3.8) is 0 Å². The fraction of sp³-hybridized carbons (Fsp3) is 0.438. The molecule has 1 aliphatic rings. The van der Waals surface area contributed by atoms with Gasteiger partial charge in [0.25, 0.3) is 5.89 Å². The molecule has 0 radical (unpaired) electrons. The summed E-state index contributed by atoms with van der Waals surface area (Å²) in [6, 6.07) is 4.53. The average Bonchev–Trinajstić information content (AvgIpc) is 3.12. The highest BCUT2D eigenvalue weighted by Gasteiger charge is 2.31. The molecule has 0 N–H and O–H groups in total. The van der Waals surface area contributed by atoms with Crippen molar-refractivity contribution < 1.29 is 36.7 Å². The van der Waals surface area contributed by atoms with Crippen molar-refractivity contribution in [1.29, 1.82) is 0 Å². The van der Waals surface area contributed by atoms with Crippen LogP contribution in [0.5, 0.6) is 0 Å². The molecule has 1 aromatic carbocycles. The van der Waals surface area contributed by atoms with Crippen molar-refractivity contribution in [2.45, 2.75) is 25.3 Å². The van der Waals surface area contributed by atoms with Crippen molar-refractivity contribution in [3.05, 3.63) is 35.7 Å². The van der Waals surface area contributed by atoms with Crippen LogP contribution in [-0.2, 0) is 25.2 Å². The molecule has 0 unspecified atom stereocenters. The van der Waals surface area contributed by atoms with E-state index in [1.54, 1.807) is 0 Å². The van der Waals surface area contributed by atoms with Crippen LogP contribution in [0.4, 0.5) is 13.2 Å². The topological polar surface area (TPSA) is 83.7 Å². The predicted molar refractivity (Wildman–Crippen MR) is 79.8 cm³/mol. The molecule has 0 aliphatic carbocycles. The number of hydrogen-bond acceptors (Lipinski definition) is 7. The summed E-state index contributed by atoms with van der Waals surface area (Å²) in [6.07, 6.45) is -6.20. The van der Waals surface area contributed by atoms with Gasteiger partial charge in [-0.05, 0) is 19.1 Å². The first-order valence-electron chi connectivity index (χ1n) is 7.75. The summed E-state index contributed by atoms with van der Waals surface area (Å²) in [5.41, 5.74) is -0.687. The standard InChI is InChI=1S/C16H15F3N2O5/c1-9(25-15(22)12-8-23-5-6-24-12)14-20-13(21-26-14)10-3-2-4-11(7-10)16(17,18)19/h2-4,7,9,12H,5-6,8H2,1H3/t9-,12+/m0/s1. The number of aromatic nitrogens is 2. The van der Waals surface area contributed by atoms with Crippen LogP contribution >= 0.6 is 0 Å². The van der Waals surface area contributed by atoms with Gasteiger partial charge in [-0.3, -0.25) is 0 Å². The van der Waals surface area contributed by atoms with E-state index in [1.807, 2.05) is 0 Å². The largest absolute Gasteiger partial charge is 0.451 e. The number of ether oxygens (including phenoxy) is 3. The van der Waals surface area contributed by atoms with Crippen molar-refractivity contribution in [3.8, 4) is 11.4 Å². The summed E-state index contributed by atoms with van der Waals surface area (Å²) in [6.45, 7) is 2.29. The highest BCUT2D eigenvalue weighted by Crippen LogP contribution is 2.31. The second kappa shape index (κ2) is 7.42. The quantitative estimate of drug-likeness (QED) is 0.763. The van der Waals surface area contributed by atoms with Gasteiger partial charge < -0.3 is 18.7 Å². The molecular formula is C16H15F3N2O5. The third-order valence-electron chi connectivity index (χ3n) is 3.61. The Labute approximate surface area is 146 Å². The van der Waals surface area contributed by atoms with Gasteiger partial charge in [0.2, 0.25) is 5.82 Å². The van der Waals surface area contributed by atoms with E-state index < -0.39 is 29.9 Å². The van der Waals surface area contributed by atoms with Crippen LogP contribution in [0.2, 0.25) is 0 Å². The Morgan fingerprint density at radius 2 is 2.15 bits per heavy atom. The Hall–Kier alpha value is -2.46. The van der Waals surface area contributed by atoms with Gasteiger partial charge in [-0.25, -0.2) is 4.79 Å². The van der Waals surface area contributed by atoms with Crippen LogP contribution in [-0.4, -0.2) is 42.0 Å². The van der Waals surface area contributed by atoms with Crippen LogP contribution in [0.25, 0.3) is 11.4 Å². The zero-order valence-corrected chi connectivity index (χ0v) is 13.7. The van der Waals surface area contributed by atoms with Crippen molar-refractivity contribution in [2.75, 3.05) is 19.8 Å². The van der Waals surface area contributed by atoms with E-state index in [1.165, 1.54) is 19.1 Å². The second-order valence-corrected chi connectivity index (χ2v) is 5.55. The zero-order valence-electron chi connectivity index (χ0n) is 13.7. The molecule has 0 amide bonds. The predicted octanol–water partition coefficient (Wildman–Crippen LogP) is 2.78. The normalized spacial score (nSPS) is 19.2. The summed E-state index contributed by atoms with van der Waals surface area (Å²) in [7, 11) is 0. The van der Waals surface area contributed by atoms with Gasteiger partial charge in [0.15, 0.2) is 12.2 Å². The average molecular weight is 372 g/mol. The van der Waals surface area contributed by atoms with E-state index >= 15 is 0 Å². The minimum atomic E-state index is -4.48. The first kappa shape index (κ1) is 18.3. The smallest absolute Gasteiger partial charge is 0.416 e. The van der Waals surface area contributed by atoms with Crippen LogP contribution in [0.15, 0.2) is 28.8 Å². The van der Waals surface area contributed by atoms with Crippen LogP contribution in [0, 0.1) is 0 Å². The minimum absolute atomic E-state index is 0.0359. The molecule has 2 atom stereocenters. The highest BCUT2D eigenvalue weighted by atomic mass is 19.4. The number of carbonyl (C=O) groups excluding carboxylic acids is 1. The molecule has 7 nitrogen and oxygen atoms in total. The van der Waals surface area contributed by atoms with Gasteiger partial charge in [-0.2, -0.15) is 18.2 Å². The van der Waals surface area contributed by atoms with Gasteiger partial charge >= 0.3 is 12.1 Å². The van der Waals surface area contributed by atoms with E-state index in [0.717, 1.165) is 12.1 Å². The summed E-state index contributed by atoms with van der Waals surface area (Å²) >= 11 is 0. The SMILES string of the molecule is C[C@H](OC(=O)[C@H]1COCCO1)c1nc(-c2cccc(C(F)(F)F)c2)no1. The minimum Gasteiger partial charge on any atom is -0.451 e. The van der Waals surface area contributed by atoms with E-state index in [0.29, 0.717) is 6.61 Å². The van der Waals surface area contributed by atoms with Crippen LogP contribution in [0.3, 0.4) is 0 Å². The van der Waals surface area contributed by atoms with Crippen molar-refractivity contribution in [1.82, 2.24) is 10.1 Å². The number of halogens is 3. The fourth-order valence-electron chi connectivity index (χ4n) is 2.28.